The zero-order chi connectivity index (χ0) is 24.1. The summed E-state index contributed by atoms with van der Waals surface area (Å²) in [6, 6.07) is 20.1. The third kappa shape index (κ3) is 4.99. The molecule has 174 valence electrons. The molecule has 1 amide bonds. The SMILES string of the molecule is COc1ccccc1CCNC(=O)/C=C(\C)c1cc2c(-c3ccc(C)cc3)coc2cc1OC. The molecule has 34 heavy (non-hydrogen) atoms. The highest BCUT2D eigenvalue weighted by molar-refractivity contribution is 6.00. The van der Waals surface area contributed by atoms with Crippen molar-refractivity contribution in [2.24, 2.45) is 0 Å². The van der Waals surface area contributed by atoms with E-state index in [9.17, 15) is 4.79 Å². The molecule has 0 fully saturated rings. The van der Waals surface area contributed by atoms with Crippen molar-refractivity contribution in [1.29, 1.82) is 0 Å². The van der Waals surface area contributed by atoms with E-state index in [2.05, 4.69) is 36.5 Å². The molecule has 1 aromatic heterocycles. The van der Waals surface area contributed by atoms with Crippen LogP contribution in [0.15, 0.2) is 77.4 Å². The summed E-state index contributed by atoms with van der Waals surface area (Å²) in [6.07, 6.45) is 4.06. The van der Waals surface area contributed by atoms with Crippen LogP contribution in [0.5, 0.6) is 11.5 Å². The van der Waals surface area contributed by atoms with Crippen molar-refractivity contribution >= 4 is 22.4 Å². The molecule has 1 N–H and O–H groups in total. The Kier molecular flexibility index (Phi) is 7.02. The molecular weight excluding hydrogens is 426 g/mol. The van der Waals surface area contributed by atoms with Crippen molar-refractivity contribution in [3.63, 3.8) is 0 Å². The zero-order valence-corrected chi connectivity index (χ0v) is 20.0. The number of hydrogen-bond donors (Lipinski definition) is 1. The number of aryl methyl sites for hydroxylation is 1. The Morgan fingerprint density at radius 3 is 2.47 bits per heavy atom. The third-order valence-electron chi connectivity index (χ3n) is 5.92. The van der Waals surface area contributed by atoms with Crippen molar-refractivity contribution < 1.29 is 18.7 Å². The molecule has 0 saturated carbocycles. The summed E-state index contributed by atoms with van der Waals surface area (Å²) in [7, 11) is 3.27. The Hall–Kier alpha value is -3.99. The fraction of sp³-hybridized carbons (Fsp3) is 0.207. The molecule has 1 heterocycles. The lowest BCUT2D eigenvalue weighted by molar-refractivity contribution is -0.116. The van der Waals surface area contributed by atoms with Gasteiger partial charge in [-0.15, -0.1) is 0 Å². The van der Waals surface area contributed by atoms with E-state index in [4.69, 9.17) is 13.9 Å². The van der Waals surface area contributed by atoms with Gasteiger partial charge in [-0.2, -0.15) is 0 Å². The van der Waals surface area contributed by atoms with Crippen LogP contribution in [0.2, 0.25) is 0 Å². The van der Waals surface area contributed by atoms with E-state index < -0.39 is 0 Å². The van der Waals surface area contributed by atoms with E-state index in [0.717, 1.165) is 44.5 Å². The number of rotatable bonds is 8. The third-order valence-corrected chi connectivity index (χ3v) is 5.92. The van der Waals surface area contributed by atoms with E-state index in [1.54, 1.807) is 26.6 Å². The lowest BCUT2D eigenvalue weighted by atomic mass is 9.99. The summed E-state index contributed by atoms with van der Waals surface area (Å²) in [4.78, 5) is 12.6. The number of furan rings is 1. The lowest BCUT2D eigenvalue weighted by Crippen LogP contribution is -2.24. The van der Waals surface area contributed by atoms with Crippen molar-refractivity contribution in [2.45, 2.75) is 20.3 Å². The van der Waals surface area contributed by atoms with Crippen molar-refractivity contribution in [3.05, 3.63) is 89.7 Å². The van der Waals surface area contributed by atoms with Gasteiger partial charge in [0.05, 0.1) is 20.5 Å². The first-order valence-corrected chi connectivity index (χ1v) is 11.2. The first-order valence-electron chi connectivity index (χ1n) is 11.2. The van der Waals surface area contributed by atoms with Gasteiger partial charge in [0.1, 0.15) is 17.1 Å². The summed E-state index contributed by atoms with van der Waals surface area (Å²) >= 11 is 0. The minimum atomic E-state index is -0.152. The number of ether oxygens (including phenoxy) is 2. The van der Waals surface area contributed by atoms with Crippen molar-refractivity contribution in [3.8, 4) is 22.6 Å². The molecule has 4 rings (SSSR count). The van der Waals surface area contributed by atoms with Gasteiger partial charge >= 0.3 is 0 Å². The van der Waals surface area contributed by atoms with Crippen LogP contribution >= 0.6 is 0 Å². The normalized spacial score (nSPS) is 11.5. The highest BCUT2D eigenvalue weighted by Gasteiger charge is 2.15. The van der Waals surface area contributed by atoms with Crippen LogP contribution in [0.25, 0.3) is 27.7 Å². The van der Waals surface area contributed by atoms with E-state index >= 15 is 0 Å². The molecule has 0 saturated heterocycles. The van der Waals surface area contributed by atoms with Gasteiger partial charge in [0.2, 0.25) is 5.91 Å². The number of nitrogens with one attached hydrogen (secondary N) is 1. The van der Waals surface area contributed by atoms with Crippen LogP contribution in [-0.4, -0.2) is 26.7 Å². The number of allylic oxidation sites excluding steroid dienone is 1. The maximum absolute atomic E-state index is 12.6. The first kappa shape index (κ1) is 23.2. The van der Waals surface area contributed by atoms with Gasteiger partial charge in [-0.25, -0.2) is 0 Å². The minimum absolute atomic E-state index is 0.152. The molecule has 0 radical (unpaired) electrons. The number of methoxy groups -OCH3 is 2. The largest absolute Gasteiger partial charge is 0.496 e. The standard InChI is InChI=1S/C29H29NO4/c1-19-9-11-21(12-10-19)25-18-34-28-17-27(33-4)23(16-24(25)28)20(2)15-29(31)30-14-13-22-7-5-6-8-26(22)32-3/h5-12,15-18H,13-14H2,1-4H3,(H,30,31)/b20-15+. The molecule has 0 atom stereocenters. The highest BCUT2D eigenvalue weighted by atomic mass is 16.5. The summed E-state index contributed by atoms with van der Waals surface area (Å²) in [5.74, 6) is 1.33. The van der Waals surface area contributed by atoms with E-state index in [1.165, 1.54) is 5.56 Å². The van der Waals surface area contributed by atoms with E-state index in [1.807, 2.05) is 43.3 Å². The van der Waals surface area contributed by atoms with E-state index in [-0.39, 0.29) is 5.91 Å². The number of amides is 1. The van der Waals surface area contributed by atoms with Gasteiger partial charge in [-0.1, -0.05) is 48.0 Å². The quantitative estimate of drug-likeness (QED) is 0.322. The molecule has 0 unspecified atom stereocenters. The molecule has 3 aromatic carbocycles. The molecule has 4 aromatic rings. The average molecular weight is 456 g/mol. The van der Waals surface area contributed by atoms with Gasteiger partial charge in [0, 0.05) is 35.2 Å². The lowest BCUT2D eigenvalue weighted by Gasteiger charge is -2.11. The molecule has 5 heteroatoms. The molecule has 0 aliphatic heterocycles. The highest BCUT2D eigenvalue weighted by Crippen LogP contribution is 2.37. The summed E-state index contributed by atoms with van der Waals surface area (Å²) in [5, 5.41) is 3.94. The van der Waals surface area contributed by atoms with Gasteiger partial charge < -0.3 is 19.2 Å². The molecule has 5 nitrogen and oxygen atoms in total. The number of benzene rings is 3. The summed E-state index contributed by atoms with van der Waals surface area (Å²) in [5.41, 5.74) is 6.75. The Morgan fingerprint density at radius 1 is 1.00 bits per heavy atom. The summed E-state index contributed by atoms with van der Waals surface area (Å²) < 4.78 is 16.8. The topological polar surface area (TPSA) is 60.7 Å². The van der Waals surface area contributed by atoms with Gasteiger partial charge in [0.25, 0.3) is 0 Å². The number of carbonyl (C=O) groups excluding carboxylic acids is 1. The van der Waals surface area contributed by atoms with Crippen LogP contribution in [0.3, 0.4) is 0 Å². The average Bonchev–Trinajstić information content (AvgIpc) is 3.26. The Balaban J connectivity index is 1.55. The van der Waals surface area contributed by atoms with Crippen LogP contribution in [0.4, 0.5) is 0 Å². The monoisotopic (exact) mass is 455 g/mol. The maximum atomic E-state index is 12.6. The Labute approximate surface area is 200 Å². The fourth-order valence-corrected chi connectivity index (χ4v) is 4.04. The van der Waals surface area contributed by atoms with Crippen molar-refractivity contribution in [1.82, 2.24) is 5.32 Å². The second-order valence-corrected chi connectivity index (χ2v) is 8.24. The van der Waals surface area contributed by atoms with Crippen molar-refractivity contribution in [2.75, 3.05) is 20.8 Å². The Morgan fingerprint density at radius 2 is 1.74 bits per heavy atom. The summed E-state index contributed by atoms with van der Waals surface area (Å²) in [6.45, 7) is 4.49. The first-order chi connectivity index (χ1) is 16.5. The second-order valence-electron chi connectivity index (χ2n) is 8.24. The Bertz CT molecular complexity index is 1330. The van der Waals surface area contributed by atoms with Crippen LogP contribution < -0.4 is 14.8 Å². The maximum Gasteiger partial charge on any atom is 0.244 e. The number of hydrogen-bond acceptors (Lipinski definition) is 4. The van der Waals surface area contributed by atoms with Gasteiger partial charge in [-0.05, 0) is 49.1 Å². The number of carbonyl (C=O) groups is 1. The predicted octanol–water partition coefficient (Wildman–Crippen LogP) is 6.19. The number of fused-ring (bicyclic) bond motifs is 1. The van der Waals surface area contributed by atoms with Crippen LogP contribution in [-0.2, 0) is 11.2 Å². The molecule has 0 spiro atoms. The van der Waals surface area contributed by atoms with Gasteiger partial charge in [-0.3, -0.25) is 4.79 Å². The van der Waals surface area contributed by atoms with Crippen LogP contribution in [0, 0.1) is 6.92 Å². The molecular formula is C29H29NO4. The second kappa shape index (κ2) is 10.3. The zero-order valence-electron chi connectivity index (χ0n) is 20.0. The van der Waals surface area contributed by atoms with E-state index in [0.29, 0.717) is 18.7 Å². The minimum Gasteiger partial charge on any atom is -0.496 e. The number of para-hydroxylation sites is 1. The fourth-order valence-electron chi connectivity index (χ4n) is 4.04. The smallest absolute Gasteiger partial charge is 0.244 e. The molecule has 0 aliphatic rings. The van der Waals surface area contributed by atoms with Gasteiger partial charge in [0.15, 0.2) is 0 Å². The predicted molar refractivity (Wildman–Crippen MR) is 136 cm³/mol. The molecule has 0 aliphatic carbocycles. The van der Waals surface area contributed by atoms with Crippen LogP contribution in [0.1, 0.15) is 23.6 Å². The molecule has 0 bridgehead atoms.